The maximum absolute atomic E-state index is 13.0. The van der Waals surface area contributed by atoms with Crippen LogP contribution in [0.1, 0.15) is 11.1 Å². The maximum atomic E-state index is 13.0. The van der Waals surface area contributed by atoms with Crippen LogP contribution in [0.4, 0.5) is 5.69 Å². The average Bonchev–Trinajstić information content (AvgIpc) is 3.06. The minimum atomic E-state index is -0.134. The fourth-order valence-electron chi connectivity index (χ4n) is 3.01. The number of thioether (sulfide) groups is 1. The Morgan fingerprint density at radius 3 is 2.47 bits per heavy atom. The average molecular weight is 434 g/mol. The standard InChI is InChI=1S/C24H19NO3S2/c1-27-20-12-10-19(11-13-20)25-23(26)22(30-24(25)29)15-18-8-5-9-21(14-18)28-16-17-6-3-2-4-7-17/h2-15H,16H2,1H3. The highest BCUT2D eigenvalue weighted by Gasteiger charge is 2.33. The first kappa shape index (κ1) is 20.2. The summed E-state index contributed by atoms with van der Waals surface area (Å²) in [5, 5.41) is 0. The van der Waals surface area contributed by atoms with Crippen molar-refractivity contribution < 1.29 is 14.3 Å². The van der Waals surface area contributed by atoms with Gasteiger partial charge in [0.1, 0.15) is 18.1 Å². The molecule has 1 aliphatic rings. The number of ether oxygens (including phenoxy) is 2. The summed E-state index contributed by atoms with van der Waals surface area (Å²) in [4.78, 5) is 15.1. The largest absolute Gasteiger partial charge is 0.497 e. The van der Waals surface area contributed by atoms with Crippen LogP contribution in [0.15, 0.2) is 83.8 Å². The number of benzene rings is 3. The van der Waals surface area contributed by atoms with Crippen LogP contribution >= 0.6 is 24.0 Å². The van der Waals surface area contributed by atoms with E-state index in [1.807, 2.05) is 84.9 Å². The molecule has 1 aliphatic heterocycles. The molecule has 0 atom stereocenters. The molecular formula is C24H19NO3S2. The summed E-state index contributed by atoms with van der Waals surface area (Å²) in [6.07, 6.45) is 1.85. The lowest BCUT2D eigenvalue weighted by Crippen LogP contribution is -2.27. The van der Waals surface area contributed by atoms with E-state index in [4.69, 9.17) is 21.7 Å². The highest BCUT2D eigenvalue weighted by atomic mass is 32.2. The van der Waals surface area contributed by atoms with Crippen molar-refractivity contribution in [2.45, 2.75) is 6.61 Å². The Hall–Kier alpha value is -3.09. The summed E-state index contributed by atoms with van der Waals surface area (Å²) in [5.74, 6) is 1.34. The van der Waals surface area contributed by atoms with Crippen LogP contribution in [-0.2, 0) is 11.4 Å². The predicted molar refractivity (Wildman–Crippen MR) is 126 cm³/mol. The van der Waals surface area contributed by atoms with Crippen molar-refractivity contribution in [3.8, 4) is 11.5 Å². The first-order valence-electron chi connectivity index (χ1n) is 9.33. The topological polar surface area (TPSA) is 38.8 Å². The smallest absolute Gasteiger partial charge is 0.270 e. The molecular weight excluding hydrogens is 414 g/mol. The molecule has 1 saturated heterocycles. The third kappa shape index (κ3) is 4.56. The second-order valence-electron chi connectivity index (χ2n) is 6.56. The van der Waals surface area contributed by atoms with Gasteiger partial charge >= 0.3 is 0 Å². The SMILES string of the molecule is COc1ccc(N2C(=O)C(=Cc3cccc(OCc4ccccc4)c3)SC2=S)cc1. The van der Waals surface area contributed by atoms with Gasteiger partial charge in [0.15, 0.2) is 4.32 Å². The molecule has 0 spiro atoms. The van der Waals surface area contributed by atoms with Crippen LogP contribution < -0.4 is 14.4 Å². The first-order valence-corrected chi connectivity index (χ1v) is 10.6. The number of carbonyl (C=O) groups is 1. The van der Waals surface area contributed by atoms with Crippen molar-refractivity contribution in [2.24, 2.45) is 0 Å². The summed E-state index contributed by atoms with van der Waals surface area (Å²) in [6, 6.07) is 24.9. The van der Waals surface area contributed by atoms with Gasteiger partial charge in [0.05, 0.1) is 17.7 Å². The number of hydrogen-bond acceptors (Lipinski definition) is 5. The minimum Gasteiger partial charge on any atom is -0.497 e. The fraction of sp³-hybridized carbons (Fsp3) is 0.0833. The van der Waals surface area contributed by atoms with Gasteiger partial charge in [-0.05, 0) is 53.6 Å². The van der Waals surface area contributed by atoms with Crippen LogP contribution in [0.3, 0.4) is 0 Å². The molecule has 3 aromatic rings. The summed E-state index contributed by atoms with van der Waals surface area (Å²) in [7, 11) is 1.61. The van der Waals surface area contributed by atoms with Gasteiger partial charge in [-0.3, -0.25) is 9.69 Å². The molecule has 0 unspecified atom stereocenters. The van der Waals surface area contributed by atoms with Crippen LogP contribution in [0.2, 0.25) is 0 Å². The highest BCUT2D eigenvalue weighted by molar-refractivity contribution is 8.27. The number of amides is 1. The molecule has 150 valence electrons. The van der Waals surface area contributed by atoms with Gasteiger partial charge in [-0.25, -0.2) is 0 Å². The third-order valence-electron chi connectivity index (χ3n) is 4.53. The number of hydrogen-bond donors (Lipinski definition) is 0. The number of anilines is 1. The lowest BCUT2D eigenvalue weighted by atomic mass is 10.2. The zero-order valence-corrected chi connectivity index (χ0v) is 17.9. The second-order valence-corrected chi connectivity index (χ2v) is 8.24. The quantitative estimate of drug-likeness (QED) is 0.369. The van der Waals surface area contributed by atoms with Crippen LogP contribution in [-0.4, -0.2) is 17.3 Å². The number of nitrogens with zero attached hydrogens (tertiary/aromatic N) is 1. The van der Waals surface area contributed by atoms with Crippen molar-refractivity contribution in [3.63, 3.8) is 0 Å². The van der Waals surface area contributed by atoms with E-state index in [9.17, 15) is 4.79 Å². The Morgan fingerprint density at radius 2 is 1.73 bits per heavy atom. The molecule has 1 fully saturated rings. The molecule has 30 heavy (non-hydrogen) atoms. The molecule has 0 N–H and O–H groups in total. The van der Waals surface area contributed by atoms with Crippen molar-refractivity contribution in [1.29, 1.82) is 0 Å². The zero-order valence-electron chi connectivity index (χ0n) is 16.3. The molecule has 6 heteroatoms. The summed E-state index contributed by atoms with van der Waals surface area (Å²) >= 11 is 6.74. The van der Waals surface area contributed by atoms with Gasteiger partial charge in [-0.15, -0.1) is 0 Å². The second kappa shape index (κ2) is 9.15. The number of rotatable bonds is 6. The van der Waals surface area contributed by atoms with Gasteiger partial charge in [0.25, 0.3) is 5.91 Å². The highest BCUT2D eigenvalue weighted by Crippen LogP contribution is 2.36. The monoisotopic (exact) mass is 433 g/mol. The molecule has 0 saturated carbocycles. The summed E-state index contributed by atoms with van der Waals surface area (Å²) in [5.41, 5.74) is 2.71. The lowest BCUT2D eigenvalue weighted by molar-refractivity contribution is -0.113. The molecule has 1 amide bonds. The van der Waals surface area contributed by atoms with E-state index >= 15 is 0 Å². The van der Waals surface area contributed by atoms with E-state index in [0.29, 0.717) is 15.8 Å². The van der Waals surface area contributed by atoms with Crippen molar-refractivity contribution in [3.05, 3.63) is 94.9 Å². The number of carbonyl (C=O) groups excluding carboxylic acids is 1. The van der Waals surface area contributed by atoms with Gasteiger partial charge in [0, 0.05) is 0 Å². The Morgan fingerprint density at radius 1 is 0.967 bits per heavy atom. The summed E-state index contributed by atoms with van der Waals surface area (Å²) in [6.45, 7) is 0.490. The molecule has 0 aliphatic carbocycles. The molecule has 4 nitrogen and oxygen atoms in total. The summed E-state index contributed by atoms with van der Waals surface area (Å²) < 4.78 is 11.6. The van der Waals surface area contributed by atoms with Crippen molar-refractivity contribution >= 4 is 46.0 Å². The van der Waals surface area contributed by atoms with Crippen LogP contribution in [0.25, 0.3) is 6.08 Å². The maximum Gasteiger partial charge on any atom is 0.270 e. The predicted octanol–water partition coefficient (Wildman–Crippen LogP) is 5.68. The third-order valence-corrected chi connectivity index (χ3v) is 5.83. The van der Waals surface area contributed by atoms with Gasteiger partial charge < -0.3 is 9.47 Å². The van der Waals surface area contributed by atoms with Gasteiger partial charge in [0.2, 0.25) is 0 Å². The molecule has 0 radical (unpaired) electrons. The Bertz CT molecular complexity index is 1090. The van der Waals surface area contributed by atoms with Gasteiger partial charge in [-0.1, -0.05) is 66.4 Å². The van der Waals surface area contributed by atoms with E-state index < -0.39 is 0 Å². The molecule has 3 aromatic carbocycles. The van der Waals surface area contributed by atoms with E-state index in [0.717, 1.165) is 28.3 Å². The van der Waals surface area contributed by atoms with Gasteiger partial charge in [-0.2, -0.15) is 0 Å². The fourth-order valence-corrected chi connectivity index (χ4v) is 4.31. The number of methoxy groups -OCH3 is 1. The van der Waals surface area contributed by atoms with Crippen molar-refractivity contribution in [1.82, 2.24) is 0 Å². The van der Waals surface area contributed by atoms with E-state index in [2.05, 4.69) is 0 Å². The zero-order chi connectivity index (χ0) is 20.9. The number of thiocarbonyl (C=S) groups is 1. The van der Waals surface area contributed by atoms with Crippen LogP contribution in [0, 0.1) is 0 Å². The Labute approximate surface area is 185 Å². The lowest BCUT2D eigenvalue weighted by Gasteiger charge is -2.14. The molecule has 0 bridgehead atoms. The molecule has 0 aromatic heterocycles. The van der Waals surface area contributed by atoms with E-state index in [-0.39, 0.29) is 5.91 Å². The van der Waals surface area contributed by atoms with Crippen molar-refractivity contribution in [2.75, 3.05) is 12.0 Å². The minimum absolute atomic E-state index is 0.134. The molecule has 1 heterocycles. The first-order chi connectivity index (χ1) is 14.6. The molecule has 4 rings (SSSR count). The van der Waals surface area contributed by atoms with E-state index in [1.54, 1.807) is 12.0 Å². The van der Waals surface area contributed by atoms with E-state index in [1.165, 1.54) is 11.8 Å². The normalized spacial score (nSPS) is 15.0. The Kier molecular flexibility index (Phi) is 6.16. The Balaban J connectivity index is 1.50. The van der Waals surface area contributed by atoms with Crippen LogP contribution in [0.5, 0.6) is 11.5 Å².